The number of ether oxygens (including phenoxy) is 1. The smallest absolute Gasteiger partial charge is 0.323 e. The lowest BCUT2D eigenvalue weighted by Gasteiger charge is -2.25. The zero-order valence-corrected chi connectivity index (χ0v) is 12.2. The first kappa shape index (κ1) is 13.7. The predicted molar refractivity (Wildman–Crippen MR) is 76.3 cm³/mol. The summed E-state index contributed by atoms with van der Waals surface area (Å²) in [6, 6.07) is 0.333. The number of nitrogens with zero attached hydrogens (tertiary/aromatic N) is 6. The Balaban J connectivity index is 1.79. The molecule has 0 aromatic carbocycles. The van der Waals surface area contributed by atoms with Crippen molar-refractivity contribution >= 4 is 5.95 Å². The summed E-state index contributed by atoms with van der Waals surface area (Å²) < 4.78 is 7.41. The molecule has 8 heteroatoms. The van der Waals surface area contributed by atoms with Gasteiger partial charge in [0.1, 0.15) is 18.8 Å². The molecule has 0 atom stereocenters. The van der Waals surface area contributed by atoms with Gasteiger partial charge in [-0.05, 0) is 31.6 Å². The minimum Gasteiger partial charge on any atom is -0.460 e. The van der Waals surface area contributed by atoms with Crippen LogP contribution in [0.2, 0.25) is 0 Å². The molecule has 1 fully saturated rings. The van der Waals surface area contributed by atoms with Gasteiger partial charge < -0.3 is 10.1 Å². The van der Waals surface area contributed by atoms with E-state index in [2.05, 4.69) is 37.3 Å². The molecule has 1 saturated carbocycles. The van der Waals surface area contributed by atoms with E-state index in [1.807, 2.05) is 0 Å². The Morgan fingerprint density at radius 1 is 1.19 bits per heavy atom. The van der Waals surface area contributed by atoms with Gasteiger partial charge >= 0.3 is 6.01 Å². The van der Waals surface area contributed by atoms with Crippen LogP contribution in [0.15, 0.2) is 12.7 Å². The first-order valence-electron chi connectivity index (χ1n) is 7.20. The normalized spacial score (nSPS) is 22.0. The molecule has 2 heterocycles. The van der Waals surface area contributed by atoms with Gasteiger partial charge in [0.05, 0.1) is 0 Å². The number of rotatable bonds is 4. The van der Waals surface area contributed by atoms with Crippen molar-refractivity contribution in [2.45, 2.75) is 38.7 Å². The summed E-state index contributed by atoms with van der Waals surface area (Å²) in [6.07, 6.45) is 7.61. The topological polar surface area (TPSA) is 90.6 Å². The summed E-state index contributed by atoms with van der Waals surface area (Å²) in [7, 11) is 1.76. The second kappa shape index (κ2) is 6.02. The molecule has 112 valence electrons. The number of hydrogen-bond acceptors (Lipinski definition) is 7. The van der Waals surface area contributed by atoms with Crippen LogP contribution >= 0.6 is 0 Å². The molecular weight excluding hydrogens is 270 g/mol. The average Bonchev–Trinajstić information content (AvgIpc) is 3.04. The summed E-state index contributed by atoms with van der Waals surface area (Å²) in [4.78, 5) is 16.7. The summed E-state index contributed by atoms with van der Waals surface area (Å²) in [5.41, 5.74) is 0. The fourth-order valence-electron chi connectivity index (χ4n) is 2.42. The first-order chi connectivity index (χ1) is 10.2. The molecule has 3 rings (SSSR count). The molecule has 1 aliphatic carbocycles. The van der Waals surface area contributed by atoms with E-state index in [0.717, 1.165) is 18.8 Å². The van der Waals surface area contributed by atoms with Crippen LogP contribution in [-0.4, -0.2) is 42.9 Å². The SMILES string of the molecule is CNc1nc(OC2CCC(C)CC2)nc(-n2cncn2)n1. The number of nitrogens with one attached hydrogen (secondary N) is 1. The van der Waals surface area contributed by atoms with Gasteiger partial charge in [-0.2, -0.15) is 24.7 Å². The van der Waals surface area contributed by atoms with E-state index in [1.165, 1.54) is 23.9 Å². The molecule has 8 nitrogen and oxygen atoms in total. The van der Waals surface area contributed by atoms with E-state index in [0.29, 0.717) is 17.9 Å². The van der Waals surface area contributed by atoms with E-state index in [9.17, 15) is 0 Å². The molecule has 0 radical (unpaired) electrons. The largest absolute Gasteiger partial charge is 0.460 e. The summed E-state index contributed by atoms with van der Waals surface area (Å²) in [6.45, 7) is 2.28. The third-order valence-corrected chi connectivity index (χ3v) is 3.69. The zero-order valence-electron chi connectivity index (χ0n) is 12.2. The van der Waals surface area contributed by atoms with Crippen molar-refractivity contribution in [3.05, 3.63) is 12.7 Å². The van der Waals surface area contributed by atoms with E-state index >= 15 is 0 Å². The van der Waals surface area contributed by atoms with Gasteiger partial charge in [-0.25, -0.2) is 4.98 Å². The molecule has 1 N–H and O–H groups in total. The number of aromatic nitrogens is 6. The van der Waals surface area contributed by atoms with Gasteiger partial charge in [-0.3, -0.25) is 0 Å². The molecule has 2 aromatic rings. The maximum absolute atomic E-state index is 5.92. The molecule has 0 aliphatic heterocycles. The Morgan fingerprint density at radius 2 is 2.00 bits per heavy atom. The Hall–Kier alpha value is -2.25. The quantitative estimate of drug-likeness (QED) is 0.910. The second-order valence-electron chi connectivity index (χ2n) is 5.33. The van der Waals surface area contributed by atoms with Crippen molar-refractivity contribution < 1.29 is 4.74 Å². The van der Waals surface area contributed by atoms with Crippen molar-refractivity contribution in [2.24, 2.45) is 5.92 Å². The Morgan fingerprint density at radius 3 is 2.67 bits per heavy atom. The van der Waals surface area contributed by atoms with Crippen LogP contribution in [0.5, 0.6) is 6.01 Å². The van der Waals surface area contributed by atoms with Crippen molar-refractivity contribution in [3.8, 4) is 12.0 Å². The molecule has 2 aromatic heterocycles. The van der Waals surface area contributed by atoms with Gasteiger partial charge in [0.2, 0.25) is 5.95 Å². The van der Waals surface area contributed by atoms with Gasteiger partial charge in [0.25, 0.3) is 5.95 Å². The molecule has 1 aliphatic rings. The summed E-state index contributed by atoms with van der Waals surface area (Å²) >= 11 is 0. The minimum atomic E-state index is 0.178. The predicted octanol–water partition coefficient (Wildman–Crippen LogP) is 1.45. The van der Waals surface area contributed by atoms with Crippen molar-refractivity contribution in [1.82, 2.24) is 29.7 Å². The molecule has 0 saturated heterocycles. The van der Waals surface area contributed by atoms with Crippen molar-refractivity contribution in [2.75, 3.05) is 12.4 Å². The van der Waals surface area contributed by atoms with E-state index in [1.54, 1.807) is 13.4 Å². The lowest BCUT2D eigenvalue weighted by Crippen LogP contribution is -2.24. The fraction of sp³-hybridized carbons (Fsp3) is 0.615. The number of hydrogen-bond donors (Lipinski definition) is 1. The third kappa shape index (κ3) is 3.26. The summed E-state index contributed by atoms with van der Waals surface area (Å²) in [5.74, 6) is 1.63. The van der Waals surface area contributed by atoms with E-state index in [4.69, 9.17) is 4.74 Å². The van der Waals surface area contributed by atoms with E-state index < -0.39 is 0 Å². The minimum absolute atomic E-state index is 0.178. The molecule has 0 unspecified atom stereocenters. The van der Waals surface area contributed by atoms with Gasteiger partial charge in [-0.15, -0.1) is 0 Å². The Labute approximate surface area is 123 Å². The molecule has 0 bridgehead atoms. The summed E-state index contributed by atoms with van der Waals surface area (Å²) in [5, 5.41) is 6.94. The van der Waals surface area contributed by atoms with Crippen LogP contribution < -0.4 is 10.1 Å². The Kier molecular flexibility index (Phi) is 3.94. The molecule has 21 heavy (non-hydrogen) atoms. The highest BCUT2D eigenvalue weighted by Crippen LogP contribution is 2.26. The number of anilines is 1. The molecular formula is C13H19N7O. The van der Waals surface area contributed by atoms with Crippen molar-refractivity contribution in [1.29, 1.82) is 0 Å². The second-order valence-corrected chi connectivity index (χ2v) is 5.33. The third-order valence-electron chi connectivity index (χ3n) is 3.69. The maximum Gasteiger partial charge on any atom is 0.323 e. The highest BCUT2D eigenvalue weighted by Gasteiger charge is 2.21. The Bertz CT molecular complexity index is 578. The van der Waals surface area contributed by atoms with E-state index in [-0.39, 0.29) is 6.10 Å². The highest BCUT2D eigenvalue weighted by molar-refractivity contribution is 5.28. The maximum atomic E-state index is 5.92. The molecule has 0 spiro atoms. The van der Waals surface area contributed by atoms with Crippen LogP contribution in [0, 0.1) is 5.92 Å². The van der Waals surface area contributed by atoms with Gasteiger partial charge in [0.15, 0.2) is 0 Å². The van der Waals surface area contributed by atoms with Crippen LogP contribution in [0.3, 0.4) is 0 Å². The molecule has 0 amide bonds. The highest BCUT2D eigenvalue weighted by atomic mass is 16.5. The fourth-order valence-corrected chi connectivity index (χ4v) is 2.42. The van der Waals surface area contributed by atoms with Crippen LogP contribution in [-0.2, 0) is 0 Å². The lowest BCUT2D eigenvalue weighted by molar-refractivity contribution is 0.124. The van der Waals surface area contributed by atoms with Crippen LogP contribution in [0.4, 0.5) is 5.95 Å². The zero-order chi connectivity index (χ0) is 14.7. The lowest BCUT2D eigenvalue weighted by atomic mass is 9.89. The standard InChI is InChI=1S/C13H19N7O/c1-9-3-5-10(6-4-9)21-13-18-11(14-2)17-12(19-13)20-8-15-7-16-20/h7-10H,3-6H2,1-2H3,(H,14,17,18,19). The average molecular weight is 289 g/mol. The van der Waals surface area contributed by atoms with Gasteiger partial charge in [-0.1, -0.05) is 6.92 Å². The monoisotopic (exact) mass is 289 g/mol. The van der Waals surface area contributed by atoms with Crippen LogP contribution in [0.25, 0.3) is 5.95 Å². The van der Waals surface area contributed by atoms with Crippen LogP contribution in [0.1, 0.15) is 32.6 Å². The van der Waals surface area contributed by atoms with Crippen molar-refractivity contribution in [3.63, 3.8) is 0 Å². The van der Waals surface area contributed by atoms with Gasteiger partial charge in [0, 0.05) is 7.05 Å². The first-order valence-corrected chi connectivity index (χ1v) is 7.20.